The summed E-state index contributed by atoms with van der Waals surface area (Å²) in [6.07, 6.45) is 0.543. The Kier molecular flexibility index (Phi) is 21.3. The van der Waals surface area contributed by atoms with Gasteiger partial charge in [0.25, 0.3) is 0 Å². The van der Waals surface area contributed by atoms with Crippen molar-refractivity contribution in [1.29, 1.82) is 0 Å². The van der Waals surface area contributed by atoms with E-state index in [9.17, 15) is 43.5 Å². The maximum Gasteiger partial charge on any atom is 0.327 e. The fourth-order valence-corrected chi connectivity index (χ4v) is 4.09. The molecule has 16 N–H and O–H groups in total. The Morgan fingerprint density at radius 1 is 0.708 bits per heavy atom. The van der Waals surface area contributed by atoms with Gasteiger partial charge in [0, 0.05) is 12.3 Å². The van der Waals surface area contributed by atoms with Crippen LogP contribution in [0.1, 0.15) is 45.4 Å². The molecule has 0 radical (unpaired) electrons. The van der Waals surface area contributed by atoms with Crippen molar-refractivity contribution < 1.29 is 48.6 Å². The van der Waals surface area contributed by atoms with Crippen molar-refractivity contribution in [1.82, 2.24) is 31.9 Å². The Hall–Kier alpha value is -4.70. The number of carbonyl (C=O) groups excluding carboxylic acids is 6. The van der Waals surface area contributed by atoms with E-state index in [0.29, 0.717) is 19.4 Å². The lowest BCUT2D eigenvalue weighted by Gasteiger charge is -2.23. The molecule has 0 aliphatic carbocycles. The summed E-state index contributed by atoms with van der Waals surface area (Å²) in [5.41, 5.74) is 21.5. The lowest BCUT2D eigenvalue weighted by atomic mass is 10.1. The topological polar surface area (TPSA) is 366 Å². The second kappa shape index (κ2) is 23.6. The van der Waals surface area contributed by atoms with Crippen LogP contribution >= 0.6 is 12.6 Å². The number of nitrogens with two attached hydrogens (primary N) is 4. The number of hydrogen-bond donors (Lipinski definition) is 13. The molecule has 0 aromatic carbocycles. The van der Waals surface area contributed by atoms with E-state index in [4.69, 9.17) is 28.0 Å². The quantitative estimate of drug-likeness (QED) is 0.0193. The predicted octanol–water partition coefficient (Wildman–Crippen LogP) is -5.82. The van der Waals surface area contributed by atoms with Crippen LogP contribution in [0.15, 0.2) is 4.99 Å². The molecule has 0 rings (SSSR count). The van der Waals surface area contributed by atoms with Crippen molar-refractivity contribution in [3.8, 4) is 0 Å². The SMILES string of the molecule is C[C@H](NC(=O)[C@H](CC(=O)O)NC(=O)CNC(=O)[C@H](CCCN=C(N)N)NC(=O)[C@H](CCCCN)NC(=O)CN)C(=O)N[C@@H](CS)C(=O)O. The highest BCUT2D eigenvalue weighted by atomic mass is 32.1. The van der Waals surface area contributed by atoms with Gasteiger partial charge in [0.1, 0.15) is 30.2 Å². The maximum absolute atomic E-state index is 13.1. The molecule has 0 aliphatic heterocycles. The van der Waals surface area contributed by atoms with E-state index in [1.165, 1.54) is 6.92 Å². The molecule has 0 saturated carbocycles. The molecule has 21 nitrogen and oxygen atoms in total. The zero-order valence-electron chi connectivity index (χ0n) is 26.5. The van der Waals surface area contributed by atoms with Gasteiger partial charge in [0.2, 0.25) is 35.4 Å². The number of unbranched alkanes of at least 4 members (excludes halogenated alkanes) is 1. The number of guanidine groups is 1. The van der Waals surface area contributed by atoms with E-state index < -0.39 is 90.6 Å². The number of aliphatic carboxylic acids is 2. The number of carboxylic acid groups (broad SMARTS) is 2. The number of thiol groups is 1. The molecule has 0 fully saturated rings. The van der Waals surface area contributed by atoms with Gasteiger partial charge in [-0.2, -0.15) is 12.6 Å². The number of carboxylic acids is 2. The largest absolute Gasteiger partial charge is 0.481 e. The number of carbonyl (C=O) groups is 8. The van der Waals surface area contributed by atoms with Crippen molar-refractivity contribution in [2.75, 3.05) is 31.9 Å². The monoisotopic (exact) mass is 705 g/mol. The molecule has 0 aromatic rings. The number of hydrogen-bond acceptors (Lipinski definition) is 12. The Balaban J connectivity index is 5.60. The van der Waals surface area contributed by atoms with Crippen LogP contribution in [0.4, 0.5) is 0 Å². The van der Waals surface area contributed by atoms with Crippen LogP contribution in [-0.4, -0.2) is 126 Å². The second-order valence-electron chi connectivity index (χ2n) is 10.4. The van der Waals surface area contributed by atoms with E-state index in [-0.39, 0.29) is 44.1 Å². The third-order valence-corrected chi connectivity index (χ3v) is 6.73. The van der Waals surface area contributed by atoms with Crippen molar-refractivity contribution in [2.24, 2.45) is 27.9 Å². The molecular formula is C26H47N11O10S. The van der Waals surface area contributed by atoms with Crippen LogP contribution in [0.2, 0.25) is 0 Å². The van der Waals surface area contributed by atoms with Crippen LogP contribution < -0.4 is 54.8 Å². The van der Waals surface area contributed by atoms with Crippen LogP contribution in [-0.2, 0) is 38.4 Å². The number of rotatable bonds is 24. The van der Waals surface area contributed by atoms with Crippen molar-refractivity contribution >= 4 is 66.0 Å². The Morgan fingerprint density at radius 3 is 1.81 bits per heavy atom. The zero-order valence-corrected chi connectivity index (χ0v) is 27.4. The highest BCUT2D eigenvalue weighted by Crippen LogP contribution is 2.05. The minimum Gasteiger partial charge on any atom is -0.481 e. The minimum absolute atomic E-state index is 0.00369. The Labute approximate surface area is 281 Å². The molecular weight excluding hydrogens is 658 g/mol. The van der Waals surface area contributed by atoms with Crippen LogP contribution in [0.25, 0.3) is 0 Å². The molecule has 48 heavy (non-hydrogen) atoms. The molecule has 272 valence electrons. The van der Waals surface area contributed by atoms with Crippen LogP contribution in [0, 0.1) is 0 Å². The standard InChI is InChI=1S/C26H47N11O10S/c1-13(21(42)37-17(12-48)25(46)47)33-24(45)16(9-20(40)41)35-19(39)11-32-22(43)14(6-4-8-31-26(29)30)36-23(44)15(5-2-3-7-27)34-18(38)10-28/h13-17,48H,2-12,27-28H2,1H3,(H,32,43)(H,33,45)(H,34,38)(H,35,39)(H,36,44)(H,37,42)(H,40,41)(H,46,47)(H4,29,30,31)/t13-,14-,15-,16-,17-/m0/s1. The first kappa shape index (κ1) is 43.3. The van der Waals surface area contributed by atoms with Crippen LogP contribution in [0.3, 0.4) is 0 Å². The normalized spacial score (nSPS) is 13.7. The van der Waals surface area contributed by atoms with E-state index in [1.807, 2.05) is 0 Å². The lowest BCUT2D eigenvalue weighted by molar-refractivity contribution is -0.142. The summed E-state index contributed by atoms with van der Waals surface area (Å²) < 4.78 is 0. The lowest BCUT2D eigenvalue weighted by Crippen LogP contribution is -2.57. The van der Waals surface area contributed by atoms with Crippen LogP contribution in [0.5, 0.6) is 0 Å². The summed E-state index contributed by atoms with van der Waals surface area (Å²) in [5.74, 6) is -8.43. The van der Waals surface area contributed by atoms with E-state index in [2.05, 4.69) is 49.5 Å². The number of amides is 6. The Bertz CT molecular complexity index is 1170. The van der Waals surface area contributed by atoms with Gasteiger partial charge in [-0.3, -0.25) is 38.6 Å². The van der Waals surface area contributed by atoms with Gasteiger partial charge in [-0.1, -0.05) is 0 Å². The fourth-order valence-electron chi connectivity index (χ4n) is 3.84. The molecule has 22 heteroatoms. The van der Waals surface area contributed by atoms with Gasteiger partial charge in [-0.25, -0.2) is 4.79 Å². The number of aliphatic imine (C=N–C) groups is 1. The highest BCUT2D eigenvalue weighted by Gasteiger charge is 2.30. The summed E-state index contributed by atoms with van der Waals surface area (Å²) in [4.78, 5) is 102. The minimum atomic E-state index is -1.70. The molecule has 0 heterocycles. The van der Waals surface area contributed by atoms with Gasteiger partial charge in [-0.15, -0.1) is 0 Å². The highest BCUT2D eigenvalue weighted by molar-refractivity contribution is 7.80. The maximum atomic E-state index is 13.1. The molecule has 0 unspecified atom stereocenters. The van der Waals surface area contributed by atoms with E-state index in [1.54, 1.807) is 0 Å². The molecule has 0 spiro atoms. The number of nitrogens with one attached hydrogen (secondary N) is 6. The third kappa shape index (κ3) is 18.4. The van der Waals surface area contributed by atoms with Crippen molar-refractivity contribution in [3.63, 3.8) is 0 Å². The summed E-state index contributed by atoms with van der Waals surface area (Å²) in [5, 5.41) is 32.1. The van der Waals surface area contributed by atoms with E-state index in [0.717, 1.165) is 0 Å². The molecule has 6 amide bonds. The summed E-state index contributed by atoms with van der Waals surface area (Å²) in [6, 6.07) is -6.67. The average Bonchev–Trinajstić information content (AvgIpc) is 3.02. The molecule has 0 aromatic heterocycles. The zero-order chi connectivity index (χ0) is 36.8. The summed E-state index contributed by atoms with van der Waals surface area (Å²) >= 11 is 3.82. The first-order valence-corrected chi connectivity index (χ1v) is 15.5. The average molecular weight is 706 g/mol. The van der Waals surface area contributed by atoms with Crippen molar-refractivity contribution in [2.45, 2.75) is 75.7 Å². The third-order valence-electron chi connectivity index (χ3n) is 6.37. The van der Waals surface area contributed by atoms with Gasteiger partial charge in [-0.05, 0) is 45.6 Å². The van der Waals surface area contributed by atoms with Gasteiger partial charge in [0.05, 0.1) is 19.5 Å². The molecule has 0 aliphatic rings. The predicted molar refractivity (Wildman–Crippen MR) is 174 cm³/mol. The van der Waals surface area contributed by atoms with Crippen molar-refractivity contribution in [3.05, 3.63) is 0 Å². The second-order valence-corrected chi connectivity index (χ2v) is 10.7. The summed E-state index contributed by atoms with van der Waals surface area (Å²) in [7, 11) is 0. The molecule has 0 saturated heterocycles. The van der Waals surface area contributed by atoms with Gasteiger partial charge in [0.15, 0.2) is 5.96 Å². The smallest absolute Gasteiger partial charge is 0.327 e. The fraction of sp³-hybridized carbons (Fsp3) is 0.654. The summed E-state index contributed by atoms with van der Waals surface area (Å²) in [6.45, 7) is 0.512. The molecule has 0 bridgehead atoms. The molecule has 5 atom stereocenters. The first-order valence-electron chi connectivity index (χ1n) is 14.8. The first-order chi connectivity index (χ1) is 22.6. The van der Waals surface area contributed by atoms with E-state index >= 15 is 0 Å². The Morgan fingerprint density at radius 2 is 1.27 bits per heavy atom. The number of nitrogens with zero attached hydrogens (tertiary/aromatic N) is 1. The van der Waals surface area contributed by atoms with Gasteiger partial charge >= 0.3 is 11.9 Å². The van der Waals surface area contributed by atoms with Gasteiger partial charge < -0.3 is 65.0 Å².